The van der Waals surface area contributed by atoms with Gasteiger partial charge in [0.25, 0.3) is 0 Å². The first-order valence-corrected chi connectivity index (χ1v) is 8.48. The molecule has 0 aliphatic carbocycles. The minimum atomic E-state index is -0.277. The lowest BCUT2D eigenvalue weighted by Gasteiger charge is -2.37. The van der Waals surface area contributed by atoms with Gasteiger partial charge in [0.05, 0.1) is 12.6 Å². The summed E-state index contributed by atoms with van der Waals surface area (Å²) in [4.78, 5) is 23.2. The number of pyridine rings is 1. The van der Waals surface area contributed by atoms with Crippen molar-refractivity contribution in [1.29, 1.82) is 0 Å². The van der Waals surface area contributed by atoms with Crippen molar-refractivity contribution in [2.24, 2.45) is 0 Å². The molecule has 1 N–H and O–H groups in total. The SMILES string of the molecule is Cc1cccnc1N1CCN(C(=O)CN2CCCC(O)C2)CC1. The number of aryl methyl sites for hydroxylation is 1. The number of hydrogen-bond donors (Lipinski definition) is 1. The molecule has 3 heterocycles. The van der Waals surface area contributed by atoms with E-state index in [2.05, 4.69) is 27.8 Å². The number of carbonyl (C=O) groups is 1. The minimum absolute atomic E-state index is 0.177. The lowest BCUT2D eigenvalue weighted by atomic mass is 10.1. The zero-order chi connectivity index (χ0) is 16.2. The summed E-state index contributed by atoms with van der Waals surface area (Å²) in [5.41, 5.74) is 1.18. The second-order valence-corrected chi connectivity index (χ2v) is 6.54. The molecule has 23 heavy (non-hydrogen) atoms. The summed E-state index contributed by atoms with van der Waals surface area (Å²) in [6.07, 6.45) is 3.37. The fraction of sp³-hybridized carbons (Fsp3) is 0.647. The zero-order valence-corrected chi connectivity index (χ0v) is 13.8. The van der Waals surface area contributed by atoms with Gasteiger partial charge in [-0.25, -0.2) is 4.98 Å². The van der Waals surface area contributed by atoms with Gasteiger partial charge in [0.1, 0.15) is 5.82 Å². The number of aromatic nitrogens is 1. The number of aliphatic hydroxyl groups is 1. The second kappa shape index (κ2) is 7.27. The van der Waals surface area contributed by atoms with E-state index in [9.17, 15) is 9.90 Å². The standard InChI is InChI=1S/C17H26N4O2/c1-14-4-2-6-18-17(14)21-10-8-20(9-11-21)16(23)13-19-7-3-5-15(22)12-19/h2,4,6,15,22H,3,5,7-13H2,1H3. The van der Waals surface area contributed by atoms with Crippen LogP contribution in [0.3, 0.4) is 0 Å². The zero-order valence-electron chi connectivity index (χ0n) is 13.8. The molecule has 0 spiro atoms. The molecule has 1 aromatic heterocycles. The molecule has 1 unspecified atom stereocenters. The Morgan fingerprint density at radius 1 is 1.30 bits per heavy atom. The molecule has 6 nitrogen and oxygen atoms in total. The number of carbonyl (C=O) groups excluding carboxylic acids is 1. The van der Waals surface area contributed by atoms with Crippen molar-refractivity contribution in [3.05, 3.63) is 23.9 Å². The Morgan fingerprint density at radius 2 is 2.09 bits per heavy atom. The molecule has 3 rings (SSSR count). The highest BCUT2D eigenvalue weighted by Crippen LogP contribution is 2.18. The number of aliphatic hydroxyl groups excluding tert-OH is 1. The maximum atomic E-state index is 12.5. The van der Waals surface area contributed by atoms with Crippen LogP contribution in [0.1, 0.15) is 18.4 Å². The summed E-state index contributed by atoms with van der Waals surface area (Å²) in [5.74, 6) is 1.20. The summed E-state index contributed by atoms with van der Waals surface area (Å²) in [6.45, 7) is 7.17. The summed E-state index contributed by atoms with van der Waals surface area (Å²) >= 11 is 0. The molecule has 1 atom stereocenters. The number of nitrogens with zero attached hydrogens (tertiary/aromatic N) is 4. The van der Waals surface area contributed by atoms with E-state index in [0.29, 0.717) is 13.1 Å². The van der Waals surface area contributed by atoms with Crippen LogP contribution in [-0.2, 0) is 4.79 Å². The Kier molecular flexibility index (Phi) is 5.13. The van der Waals surface area contributed by atoms with E-state index in [1.165, 1.54) is 5.56 Å². The molecule has 0 saturated carbocycles. The molecule has 2 saturated heterocycles. The van der Waals surface area contributed by atoms with Gasteiger partial charge in [-0.2, -0.15) is 0 Å². The highest BCUT2D eigenvalue weighted by Gasteiger charge is 2.25. The third kappa shape index (κ3) is 4.00. The number of piperidine rings is 1. The number of β-amino-alcohol motifs (C(OH)–C–C–N with tert-alkyl or cyclic N) is 1. The normalized spacial score (nSPS) is 23.1. The first kappa shape index (κ1) is 16.2. The molecule has 2 aliphatic heterocycles. The van der Waals surface area contributed by atoms with E-state index in [1.807, 2.05) is 17.2 Å². The van der Waals surface area contributed by atoms with Gasteiger partial charge < -0.3 is 14.9 Å². The van der Waals surface area contributed by atoms with E-state index in [4.69, 9.17) is 0 Å². The highest BCUT2D eigenvalue weighted by molar-refractivity contribution is 5.78. The van der Waals surface area contributed by atoms with Crippen molar-refractivity contribution in [3.63, 3.8) is 0 Å². The van der Waals surface area contributed by atoms with Crippen LogP contribution in [0.25, 0.3) is 0 Å². The summed E-state index contributed by atoms with van der Waals surface area (Å²) < 4.78 is 0. The molecule has 0 bridgehead atoms. The van der Waals surface area contributed by atoms with E-state index < -0.39 is 0 Å². The van der Waals surface area contributed by atoms with Crippen LogP contribution in [0.5, 0.6) is 0 Å². The molecule has 6 heteroatoms. The smallest absolute Gasteiger partial charge is 0.236 e. The fourth-order valence-electron chi connectivity index (χ4n) is 3.44. The van der Waals surface area contributed by atoms with Crippen LogP contribution in [0.15, 0.2) is 18.3 Å². The van der Waals surface area contributed by atoms with E-state index in [1.54, 1.807) is 0 Å². The van der Waals surface area contributed by atoms with Crippen LogP contribution in [-0.4, -0.2) is 77.7 Å². The quantitative estimate of drug-likeness (QED) is 0.879. The molecule has 1 aromatic rings. The first-order chi connectivity index (χ1) is 11.1. The van der Waals surface area contributed by atoms with Gasteiger partial charge in [-0.3, -0.25) is 9.69 Å². The van der Waals surface area contributed by atoms with Gasteiger partial charge in [-0.1, -0.05) is 6.07 Å². The number of anilines is 1. The van der Waals surface area contributed by atoms with Crippen molar-refractivity contribution in [2.75, 3.05) is 50.7 Å². The van der Waals surface area contributed by atoms with Crippen molar-refractivity contribution in [2.45, 2.75) is 25.9 Å². The highest BCUT2D eigenvalue weighted by atomic mass is 16.3. The Bertz CT molecular complexity index is 543. The number of amides is 1. The number of likely N-dealkylation sites (tertiary alicyclic amines) is 1. The van der Waals surface area contributed by atoms with Crippen molar-refractivity contribution >= 4 is 11.7 Å². The largest absolute Gasteiger partial charge is 0.392 e. The molecule has 1 amide bonds. The lowest BCUT2D eigenvalue weighted by Crippen LogP contribution is -2.52. The number of hydrogen-bond acceptors (Lipinski definition) is 5. The third-order valence-corrected chi connectivity index (χ3v) is 4.75. The Hall–Kier alpha value is -1.66. The topological polar surface area (TPSA) is 59.9 Å². The lowest BCUT2D eigenvalue weighted by molar-refractivity contribution is -0.133. The first-order valence-electron chi connectivity index (χ1n) is 8.48. The monoisotopic (exact) mass is 318 g/mol. The van der Waals surface area contributed by atoms with Crippen molar-refractivity contribution < 1.29 is 9.90 Å². The Balaban J connectivity index is 1.50. The molecule has 2 fully saturated rings. The van der Waals surface area contributed by atoms with Crippen LogP contribution >= 0.6 is 0 Å². The average Bonchev–Trinajstić information content (AvgIpc) is 2.55. The van der Waals surface area contributed by atoms with Crippen molar-refractivity contribution in [3.8, 4) is 0 Å². The summed E-state index contributed by atoms with van der Waals surface area (Å²) in [6, 6.07) is 4.02. The molecular weight excluding hydrogens is 292 g/mol. The van der Waals surface area contributed by atoms with Gasteiger partial charge in [0.2, 0.25) is 5.91 Å². The predicted octanol–water partition coefficient (Wildman–Crippen LogP) is 0.495. The van der Waals surface area contributed by atoms with E-state index in [-0.39, 0.29) is 12.0 Å². The van der Waals surface area contributed by atoms with Crippen LogP contribution in [0, 0.1) is 6.92 Å². The summed E-state index contributed by atoms with van der Waals surface area (Å²) in [5, 5.41) is 9.71. The Morgan fingerprint density at radius 3 is 2.78 bits per heavy atom. The van der Waals surface area contributed by atoms with Gasteiger partial charge in [0, 0.05) is 38.9 Å². The van der Waals surface area contributed by atoms with Crippen LogP contribution in [0.4, 0.5) is 5.82 Å². The van der Waals surface area contributed by atoms with Gasteiger partial charge >= 0.3 is 0 Å². The Labute approximate surface area is 137 Å². The molecule has 0 radical (unpaired) electrons. The average molecular weight is 318 g/mol. The second-order valence-electron chi connectivity index (χ2n) is 6.54. The van der Waals surface area contributed by atoms with Crippen LogP contribution < -0.4 is 4.90 Å². The number of rotatable bonds is 3. The van der Waals surface area contributed by atoms with Crippen LogP contribution in [0.2, 0.25) is 0 Å². The van der Waals surface area contributed by atoms with Gasteiger partial charge in [-0.05, 0) is 37.9 Å². The summed E-state index contributed by atoms with van der Waals surface area (Å²) in [7, 11) is 0. The minimum Gasteiger partial charge on any atom is -0.392 e. The van der Waals surface area contributed by atoms with Crippen molar-refractivity contribution in [1.82, 2.24) is 14.8 Å². The fourth-order valence-corrected chi connectivity index (χ4v) is 3.44. The third-order valence-electron chi connectivity index (χ3n) is 4.75. The molecule has 126 valence electrons. The predicted molar refractivity (Wildman–Crippen MR) is 89.4 cm³/mol. The van der Waals surface area contributed by atoms with E-state index >= 15 is 0 Å². The maximum absolute atomic E-state index is 12.5. The van der Waals surface area contributed by atoms with Gasteiger partial charge in [-0.15, -0.1) is 0 Å². The molecule has 0 aromatic carbocycles. The van der Waals surface area contributed by atoms with E-state index in [0.717, 1.165) is 51.4 Å². The number of piperazine rings is 1. The maximum Gasteiger partial charge on any atom is 0.236 e. The van der Waals surface area contributed by atoms with Gasteiger partial charge in [0.15, 0.2) is 0 Å². The molecule has 2 aliphatic rings. The molecular formula is C17H26N4O2.